The van der Waals surface area contributed by atoms with E-state index in [0.717, 1.165) is 55.4 Å². The Morgan fingerprint density at radius 2 is 0.905 bits per heavy atom. The van der Waals surface area contributed by atoms with E-state index in [1.54, 1.807) is 0 Å². The van der Waals surface area contributed by atoms with Gasteiger partial charge in [-0.05, 0) is 23.3 Å². The van der Waals surface area contributed by atoms with Gasteiger partial charge >= 0.3 is 0 Å². The molecule has 208 valence electrons. The van der Waals surface area contributed by atoms with Crippen molar-refractivity contribution < 1.29 is 9.59 Å². The number of nitrogens with one attached hydrogen (secondary N) is 2. The van der Waals surface area contributed by atoms with E-state index >= 15 is 0 Å². The van der Waals surface area contributed by atoms with Gasteiger partial charge in [-0.3, -0.25) is 9.59 Å². The van der Waals surface area contributed by atoms with Crippen LogP contribution in [0.15, 0.2) is 109 Å². The molecule has 2 amide bonds. The number of aromatic nitrogens is 2. The van der Waals surface area contributed by atoms with Crippen LogP contribution in [0.3, 0.4) is 0 Å². The summed E-state index contributed by atoms with van der Waals surface area (Å²) in [5, 5.41) is 8.37. The van der Waals surface area contributed by atoms with Crippen LogP contribution in [0.2, 0.25) is 0 Å². The van der Waals surface area contributed by atoms with Crippen molar-refractivity contribution in [2.75, 3.05) is 0 Å². The minimum absolute atomic E-state index is 0.157. The Morgan fingerprint density at radius 1 is 0.548 bits per heavy atom. The normalized spacial score (nSPS) is 15.8. The number of rotatable bonds is 6. The molecule has 0 saturated heterocycles. The van der Waals surface area contributed by atoms with Gasteiger partial charge in [0.2, 0.25) is 11.8 Å². The molecule has 0 bridgehead atoms. The van der Waals surface area contributed by atoms with Crippen molar-refractivity contribution in [3.63, 3.8) is 0 Å². The highest BCUT2D eigenvalue weighted by molar-refractivity contribution is 6.09. The van der Waals surface area contributed by atoms with Gasteiger partial charge in [0.15, 0.2) is 0 Å². The number of hydrogen-bond acceptors (Lipinski definition) is 2. The summed E-state index contributed by atoms with van der Waals surface area (Å²) in [6.45, 7) is 0.772. The van der Waals surface area contributed by atoms with E-state index in [4.69, 9.17) is 0 Å². The van der Waals surface area contributed by atoms with Crippen LogP contribution in [0.25, 0.3) is 33.2 Å². The summed E-state index contributed by atoms with van der Waals surface area (Å²) in [4.78, 5) is 28.8. The second-order valence-electron chi connectivity index (χ2n) is 11.0. The smallest absolute Gasteiger partial charge is 0.229 e. The Labute approximate surface area is 244 Å². The molecule has 2 aromatic heterocycles. The fourth-order valence-corrected chi connectivity index (χ4v) is 6.74. The van der Waals surface area contributed by atoms with E-state index in [1.165, 1.54) is 0 Å². The zero-order valence-electron chi connectivity index (χ0n) is 23.7. The van der Waals surface area contributed by atoms with Gasteiger partial charge in [-0.15, -0.1) is 0 Å². The molecule has 2 atom stereocenters. The van der Waals surface area contributed by atoms with Crippen LogP contribution in [-0.2, 0) is 36.8 Å². The van der Waals surface area contributed by atoms with E-state index in [9.17, 15) is 9.59 Å². The second kappa shape index (κ2) is 10.4. The third-order valence-corrected chi connectivity index (χ3v) is 8.66. The van der Waals surface area contributed by atoms with E-state index in [0.29, 0.717) is 13.1 Å². The number of hydrogen-bond donors (Lipinski definition) is 2. The minimum Gasteiger partial charge on any atom is -0.351 e. The molecule has 6 nitrogen and oxygen atoms in total. The van der Waals surface area contributed by atoms with Crippen molar-refractivity contribution in [2.45, 2.75) is 24.9 Å². The van der Waals surface area contributed by atoms with E-state index in [1.807, 2.05) is 84.9 Å². The van der Waals surface area contributed by atoms with Crippen molar-refractivity contribution in [1.29, 1.82) is 0 Å². The summed E-state index contributed by atoms with van der Waals surface area (Å²) in [7, 11) is 4.11. The van der Waals surface area contributed by atoms with Crippen LogP contribution in [0.1, 0.15) is 34.1 Å². The zero-order valence-corrected chi connectivity index (χ0v) is 23.7. The first-order valence-corrected chi connectivity index (χ1v) is 14.3. The number of fused-ring (bicyclic) bond motifs is 7. The van der Waals surface area contributed by atoms with Gasteiger partial charge in [-0.25, -0.2) is 0 Å². The Hall–Kier alpha value is -5.10. The Bertz CT molecular complexity index is 1810. The van der Waals surface area contributed by atoms with Gasteiger partial charge in [0.05, 0.1) is 23.2 Å². The summed E-state index contributed by atoms with van der Waals surface area (Å²) >= 11 is 0. The molecule has 2 unspecified atom stereocenters. The third-order valence-electron chi connectivity index (χ3n) is 8.66. The SMILES string of the molecule is Cn1c2c(c3ccccc31)C(C(=O)NCc1ccccc1)C(C(=O)NCc1ccccc1)c1c-2n(C)c2ccccc12. The van der Waals surface area contributed by atoms with Gasteiger partial charge in [0, 0.05) is 60.1 Å². The van der Waals surface area contributed by atoms with Gasteiger partial charge in [-0.2, -0.15) is 0 Å². The fourth-order valence-electron chi connectivity index (χ4n) is 6.74. The maximum Gasteiger partial charge on any atom is 0.229 e. The fraction of sp³-hybridized carbons (Fsp3) is 0.167. The summed E-state index contributed by atoms with van der Waals surface area (Å²) in [6.07, 6.45) is 0. The molecule has 0 fully saturated rings. The monoisotopic (exact) mass is 552 g/mol. The van der Waals surface area contributed by atoms with Crippen molar-refractivity contribution in [2.24, 2.45) is 14.1 Å². The molecule has 0 saturated carbocycles. The molecular formula is C36H32N4O2. The lowest BCUT2D eigenvalue weighted by Crippen LogP contribution is -2.41. The predicted molar refractivity (Wildman–Crippen MR) is 167 cm³/mol. The number of para-hydroxylation sites is 2. The summed E-state index contributed by atoms with van der Waals surface area (Å²) < 4.78 is 4.36. The number of nitrogens with zero attached hydrogens (tertiary/aromatic N) is 2. The largest absolute Gasteiger partial charge is 0.351 e. The first-order valence-electron chi connectivity index (χ1n) is 14.3. The average molecular weight is 553 g/mol. The van der Waals surface area contributed by atoms with E-state index in [-0.39, 0.29) is 11.8 Å². The second-order valence-corrected chi connectivity index (χ2v) is 11.0. The molecule has 7 rings (SSSR count). The summed E-state index contributed by atoms with van der Waals surface area (Å²) in [5.41, 5.74) is 7.85. The molecule has 2 heterocycles. The van der Waals surface area contributed by atoms with Gasteiger partial charge in [0.25, 0.3) is 0 Å². The Morgan fingerprint density at radius 3 is 1.31 bits per heavy atom. The van der Waals surface area contributed by atoms with Crippen LogP contribution < -0.4 is 10.6 Å². The topological polar surface area (TPSA) is 68.1 Å². The van der Waals surface area contributed by atoms with Crippen LogP contribution in [0.4, 0.5) is 0 Å². The molecule has 4 aromatic carbocycles. The molecule has 0 radical (unpaired) electrons. The first kappa shape index (κ1) is 25.8. The van der Waals surface area contributed by atoms with Crippen LogP contribution in [-0.4, -0.2) is 20.9 Å². The lowest BCUT2D eigenvalue weighted by molar-refractivity contribution is -0.129. The lowest BCUT2D eigenvalue weighted by atomic mass is 9.73. The first-order chi connectivity index (χ1) is 20.5. The summed E-state index contributed by atoms with van der Waals surface area (Å²) in [5.74, 6) is -1.75. The average Bonchev–Trinajstić information content (AvgIpc) is 3.50. The number of amides is 2. The number of aryl methyl sites for hydroxylation is 2. The maximum absolute atomic E-state index is 14.4. The molecule has 1 aliphatic carbocycles. The molecule has 6 heteroatoms. The molecule has 0 spiro atoms. The van der Waals surface area contributed by atoms with Gasteiger partial charge in [-0.1, -0.05) is 97.1 Å². The summed E-state index contributed by atoms with van der Waals surface area (Å²) in [6, 6.07) is 36.1. The highest BCUT2D eigenvalue weighted by Gasteiger charge is 2.47. The number of carbonyl (C=O) groups is 2. The van der Waals surface area contributed by atoms with Crippen molar-refractivity contribution in [3.05, 3.63) is 131 Å². The highest BCUT2D eigenvalue weighted by Crippen LogP contribution is 2.53. The Kier molecular flexibility index (Phi) is 6.39. The molecule has 1 aliphatic rings. The number of carbonyl (C=O) groups excluding carboxylic acids is 2. The molecule has 0 aliphatic heterocycles. The Balaban J connectivity index is 1.43. The van der Waals surface area contributed by atoms with Crippen LogP contribution in [0, 0.1) is 0 Å². The van der Waals surface area contributed by atoms with Crippen molar-refractivity contribution in [1.82, 2.24) is 19.8 Å². The van der Waals surface area contributed by atoms with Crippen molar-refractivity contribution in [3.8, 4) is 11.4 Å². The molecule has 6 aromatic rings. The maximum atomic E-state index is 14.4. The lowest BCUT2D eigenvalue weighted by Gasteiger charge is -2.32. The van der Waals surface area contributed by atoms with Crippen LogP contribution in [0.5, 0.6) is 0 Å². The zero-order chi connectivity index (χ0) is 28.8. The molecule has 2 N–H and O–H groups in total. The molecular weight excluding hydrogens is 520 g/mol. The minimum atomic E-state index is -0.719. The van der Waals surface area contributed by atoms with Crippen molar-refractivity contribution >= 4 is 33.6 Å². The standard InChI is InChI=1S/C36H32N4O2/c1-39-27-19-11-9-17-25(27)29-31(35(41)37-21-23-13-5-3-6-14-23)32(36(42)38-22-24-15-7-4-8-16-24)30-26-18-10-12-20-28(26)40(2)34(30)33(29)39/h3-20,31-32H,21-22H2,1-2H3,(H,37,41)(H,38,42). The quantitative estimate of drug-likeness (QED) is 0.260. The predicted octanol–water partition coefficient (Wildman–Crippen LogP) is 6.15. The van der Waals surface area contributed by atoms with E-state index in [2.05, 4.69) is 58.1 Å². The third kappa shape index (κ3) is 4.10. The van der Waals surface area contributed by atoms with Gasteiger partial charge < -0.3 is 19.8 Å². The van der Waals surface area contributed by atoms with E-state index < -0.39 is 11.8 Å². The highest BCUT2D eigenvalue weighted by atomic mass is 16.2. The van der Waals surface area contributed by atoms with Gasteiger partial charge in [0.1, 0.15) is 0 Å². The molecule has 42 heavy (non-hydrogen) atoms. The number of benzene rings is 4. The van der Waals surface area contributed by atoms with Crippen LogP contribution >= 0.6 is 0 Å².